The lowest BCUT2D eigenvalue weighted by molar-refractivity contribution is 0.339. The third kappa shape index (κ3) is 1.21. The minimum Gasteiger partial charge on any atom is -0.463 e. The van der Waals surface area contributed by atoms with E-state index in [9.17, 15) is 0 Å². The highest BCUT2D eigenvalue weighted by molar-refractivity contribution is 5.28. The van der Waals surface area contributed by atoms with Crippen molar-refractivity contribution in [2.24, 2.45) is 5.73 Å². The smallest absolute Gasteiger partial charge is 0.296 e. The molecule has 0 saturated heterocycles. The number of nitrogens with two attached hydrogens (primary N) is 1. The van der Waals surface area contributed by atoms with Gasteiger partial charge in [0.15, 0.2) is 0 Å². The predicted molar refractivity (Wildman–Crippen MR) is 56.8 cm³/mol. The zero-order valence-electron chi connectivity index (χ0n) is 9.12. The van der Waals surface area contributed by atoms with Crippen molar-refractivity contribution in [1.82, 2.24) is 9.55 Å². The number of ether oxygens (including phenoxy) is 1. The van der Waals surface area contributed by atoms with Crippen molar-refractivity contribution in [1.29, 1.82) is 0 Å². The Labute approximate surface area is 89.4 Å². The predicted octanol–water partition coefficient (Wildman–Crippen LogP) is 1.31. The number of nitrogens with zero attached hydrogens (tertiary/aromatic N) is 2. The van der Waals surface area contributed by atoms with Gasteiger partial charge in [0.2, 0.25) is 0 Å². The van der Waals surface area contributed by atoms with Gasteiger partial charge in [0.05, 0.1) is 17.8 Å². The van der Waals surface area contributed by atoms with Gasteiger partial charge in [-0.3, -0.25) is 4.57 Å². The molecule has 0 atom stereocenters. The van der Waals surface area contributed by atoms with Gasteiger partial charge in [0.25, 0.3) is 6.01 Å². The number of fused-ring (bicyclic) bond motifs is 1. The SMILES string of the molecule is Cc1c(C2(N)CCCC2)nc2n1CCO2. The van der Waals surface area contributed by atoms with Crippen LogP contribution in [0, 0.1) is 6.92 Å². The van der Waals surface area contributed by atoms with Crippen molar-refractivity contribution < 1.29 is 4.74 Å². The molecule has 82 valence electrons. The van der Waals surface area contributed by atoms with E-state index in [1.807, 2.05) is 0 Å². The van der Waals surface area contributed by atoms with Crippen LogP contribution in [0.25, 0.3) is 0 Å². The Bertz CT molecular complexity index is 391. The maximum absolute atomic E-state index is 6.41. The molecule has 15 heavy (non-hydrogen) atoms. The van der Waals surface area contributed by atoms with Gasteiger partial charge >= 0.3 is 0 Å². The van der Waals surface area contributed by atoms with Crippen LogP contribution in [-0.4, -0.2) is 16.2 Å². The minimum absolute atomic E-state index is 0.190. The molecule has 1 aliphatic carbocycles. The topological polar surface area (TPSA) is 53.1 Å². The zero-order valence-corrected chi connectivity index (χ0v) is 9.12. The van der Waals surface area contributed by atoms with Crippen molar-refractivity contribution in [3.63, 3.8) is 0 Å². The Balaban J connectivity index is 2.05. The molecule has 3 rings (SSSR count). The van der Waals surface area contributed by atoms with Gasteiger partial charge < -0.3 is 10.5 Å². The fourth-order valence-electron chi connectivity index (χ4n) is 2.82. The fraction of sp³-hybridized carbons (Fsp3) is 0.727. The van der Waals surface area contributed by atoms with Gasteiger partial charge in [-0.2, -0.15) is 4.98 Å². The van der Waals surface area contributed by atoms with Gasteiger partial charge in [-0.15, -0.1) is 0 Å². The van der Waals surface area contributed by atoms with Gasteiger partial charge in [-0.05, 0) is 19.8 Å². The fourth-order valence-corrected chi connectivity index (χ4v) is 2.82. The molecule has 0 radical (unpaired) electrons. The Morgan fingerprint density at radius 1 is 1.40 bits per heavy atom. The zero-order chi connectivity index (χ0) is 10.5. The van der Waals surface area contributed by atoms with Crippen LogP contribution in [-0.2, 0) is 12.1 Å². The molecule has 0 amide bonds. The van der Waals surface area contributed by atoms with E-state index in [1.54, 1.807) is 0 Å². The summed E-state index contributed by atoms with van der Waals surface area (Å²) < 4.78 is 7.60. The minimum atomic E-state index is -0.190. The molecule has 0 spiro atoms. The molecule has 1 aromatic rings. The van der Waals surface area contributed by atoms with Crippen molar-refractivity contribution >= 4 is 0 Å². The number of aromatic nitrogens is 2. The molecule has 1 saturated carbocycles. The summed E-state index contributed by atoms with van der Waals surface area (Å²) in [5.74, 6) is 0. The Morgan fingerprint density at radius 3 is 2.80 bits per heavy atom. The molecule has 2 aliphatic rings. The number of hydrogen-bond acceptors (Lipinski definition) is 3. The quantitative estimate of drug-likeness (QED) is 0.755. The van der Waals surface area contributed by atoms with Crippen molar-refractivity contribution in [2.75, 3.05) is 6.61 Å². The highest BCUT2D eigenvalue weighted by Crippen LogP contribution is 2.39. The van der Waals surface area contributed by atoms with Crippen LogP contribution in [0.15, 0.2) is 0 Å². The Kier molecular flexibility index (Phi) is 1.83. The van der Waals surface area contributed by atoms with Crippen LogP contribution in [0.3, 0.4) is 0 Å². The first kappa shape index (κ1) is 9.21. The first-order chi connectivity index (χ1) is 7.21. The molecule has 2 N–H and O–H groups in total. The second kappa shape index (κ2) is 2.98. The summed E-state index contributed by atoms with van der Waals surface area (Å²) in [6.07, 6.45) is 4.56. The second-order valence-electron chi connectivity index (χ2n) is 4.69. The lowest BCUT2D eigenvalue weighted by Crippen LogP contribution is -2.34. The number of hydrogen-bond donors (Lipinski definition) is 1. The summed E-state index contributed by atoms with van der Waals surface area (Å²) in [5.41, 5.74) is 8.49. The van der Waals surface area contributed by atoms with Gasteiger partial charge in [0, 0.05) is 5.69 Å². The largest absolute Gasteiger partial charge is 0.463 e. The lowest BCUT2D eigenvalue weighted by atomic mass is 9.93. The van der Waals surface area contributed by atoms with E-state index in [-0.39, 0.29) is 5.54 Å². The van der Waals surface area contributed by atoms with Crippen molar-refractivity contribution in [2.45, 2.75) is 44.7 Å². The molecule has 0 unspecified atom stereocenters. The van der Waals surface area contributed by atoms with E-state index in [2.05, 4.69) is 16.5 Å². The van der Waals surface area contributed by atoms with Crippen LogP contribution in [0.2, 0.25) is 0 Å². The molecule has 1 aromatic heterocycles. The van der Waals surface area contributed by atoms with Gasteiger partial charge in [-0.25, -0.2) is 0 Å². The van der Waals surface area contributed by atoms with Crippen LogP contribution in [0.5, 0.6) is 6.01 Å². The Morgan fingerprint density at radius 2 is 2.13 bits per heavy atom. The first-order valence-corrected chi connectivity index (χ1v) is 5.70. The van der Waals surface area contributed by atoms with E-state index in [4.69, 9.17) is 10.5 Å². The molecular formula is C11H17N3O. The molecule has 1 aliphatic heterocycles. The average molecular weight is 207 g/mol. The second-order valence-corrected chi connectivity index (χ2v) is 4.69. The summed E-state index contributed by atoms with van der Waals surface area (Å²) in [6, 6.07) is 0.763. The van der Waals surface area contributed by atoms with Gasteiger partial charge in [0.1, 0.15) is 6.61 Å². The summed E-state index contributed by atoms with van der Waals surface area (Å²) >= 11 is 0. The van der Waals surface area contributed by atoms with Gasteiger partial charge in [-0.1, -0.05) is 12.8 Å². The molecule has 1 fully saturated rings. The van der Waals surface area contributed by atoms with Crippen LogP contribution >= 0.6 is 0 Å². The third-order valence-corrected chi connectivity index (χ3v) is 3.70. The number of imidazole rings is 1. The number of rotatable bonds is 1. The highest BCUT2D eigenvalue weighted by Gasteiger charge is 2.37. The normalized spacial score (nSPS) is 22.8. The monoisotopic (exact) mass is 207 g/mol. The van der Waals surface area contributed by atoms with E-state index in [0.29, 0.717) is 0 Å². The van der Waals surface area contributed by atoms with Crippen LogP contribution in [0.1, 0.15) is 37.1 Å². The molecule has 4 heteroatoms. The maximum atomic E-state index is 6.41. The molecular weight excluding hydrogens is 190 g/mol. The third-order valence-electron chi connectivity index (χ3n) is 3.70. The molecule has 0 aromatic carbocycles. The van der Waals surface area contributed by atoms with Crippen molar-refractivity contribution in [3.8, 4) is 6.01 Å². The van der Waals surface area contributed by atoms with E-state index in [0.717, 1.165) is 37.7 Å². The summed E-state index contributed by atoms with van der Waals surface area (Å²) in [5, 5.41) is 0. The van der Waals surface area contributed by atoms with Crippen molar-refractivity contribution in [3.05, 3.63) is 11.4 Å². The molecule has 2 heterocycles. The molecule has 4 nitrogen and oxygen atoms in total. The maximum Gasteiger partial charge on any atom is 0.296 e. The Hall–Kier alpha value is -1.03. The van der Waals surface area contributed by atoms with Crippen LogP contribution < -0.4 is 10.5 Å². The lowest BCUT2D eigenvalue weighted by Gasteiger charge is -2.22. The van der Waals surface area contributed by atoms with E-state index >= 15 is 0 Å². The van der Waals surface area contributed by atoms with E-state index in [1.165, 1.54) is 18.5 Å². The summed E-state index contributed by atoms with van der Waals surface area (Å²) in [4.78, 5) is 4.56. The summed E-state index contributed by atoms with van der Waals surface area (Å²) in [6.45, 7) is 3.78. The highest BCUT2D eigenvalue weighted by atomic mass is 16.5. The standard InChI is InChI=1S/C11H17N3O/c1-8-9(11(12)4-2-3-5-11)13-10-14(8)6-7-15-10/h2-7,12H2,1H3. The van der Waals surface area contributed by atoms with E-state index < -0.39 is 0 Å². The molecule has 0 bridgehead atoms. The average Bonchev–Trinajstić information content (AvgIpc) is 2.85. The van der Waals surface area contributed by atoms with Crippen LogP contribution in [0.4, 0.5) is 0 Å². The summed E-state index contributed by atoms with van der Waals surface area (Å²) in [7, 11) is 0. The first-order valence-electron chi connectivity index (χ1n) is 5.70.